The van der Waals surface area contributed by atoms with Crippen LogP contribution in [0.25, 0.3) is 0 Å². The summed E-state index contributed by atoms with van der Waals surface area (Å²) in [6.45, 7) is 0. The van der Waals surface area contributed by atoms with Gasteiger partial charge in [-0.25, -0.2) is 0 Å². The van der Waals surface area contributed by atoms with Gasteiger partial charge in [-0.15, -0.1) is 11.8 Å². The van der Waals surface area contributed by atoms with E-state index < -0.39 is 17.8 Å². The Labute approximate surface area is 112 Å². The first-order chi connectivity index (χ1) is 8.91. The van der Waals surface area contributed by atoms with Crippen molar-refractivity contribution in [3.05, 3.63) is 35.4 Å². The lowest BCUT2D eigenvalue weighted by atomic mass is 10.1. The van der Waals surface area contributed by atoms with Crippen LogP contribution in [0.1, 0.15) is 16.5 Å². The maximum Gasteiger partial charge on any atom is 0.416 e. The third-order valence-electron chi connectivity index (χ3n) is 2.81. The second kappa shape index (κ2) is 5.42. The van der Waals surface area contributed by atoms with E-state index in [4.69, 9.17) is 0 Å². The number of hydrogen-bond donors (Lipinski definition) is 1. The third-order valence-corrected chi connectivity index (χ3v) is 4.08. The fourth-order valence-corrected chi connectivity index (χ4v) is 3.02. The summed E-state index contributed by atoms with van der Waals surface area (Å²) >= 11 is 1.47. The van der Waals surface area contributed by atoms with Crippen molar-refractivity contribution in [1.82, 2.24) is 5.32 Å². The first-order valence-corrected chi connectivity index (χ1v) is 6.59. The first kappa shape index (κ1) is 14.2. The van der Waals surface area contributed by atoms with Crippen molar-refractivity contribution in [3.63, 3.8) is 0 Å². The molecular weight excluding hydrogens is 279 g/mol. The van der Waals surface area contributed by atoms with Crippen molar-refractivity contribution < 1.29 is 22.7 Å². The predicted octanol–water partition coefficient (Wildman–Crippen LogP) is 2.58. The molecule has 0 aliphatic carbocycles. The van der Waals surface area contributed by atoms with Gasteiger partial charge in [0, 0.05) is 5.75 Å². The Morgan fingerprint density at radius 2 is 2.00 bits per heavy atom. The average Bonchev–Trinajstić information content (AvgIpc) is 2.86. The minimum absolute atomic E-state index is 0.189. The fourth-order valence-electron chi connectivity index (χ4n) is 1.79. The van der Waals surface area contributed by atoms with E-state index in [1.807, 2.05) is 0 Å². The highest BCUT2D eigenvalue weighted by molar-refractivity contribution is 7.99. The summed E-state index contributed by atoms with van der Waals surface area (Å²) in [6.07, 6.45) is -4.33. The quantitative estimate of drug-likeness (QED) is 0.850. The molecule has 0 bridgehead atoms. The maximum absolute atomic E-state index is 12.4. The molecule has 0 radical (unpaired) electrons. The van der Waals surface area contributed by atoms with Crippen molar-refractivity contribution in [2.24, 2.45) is 0 Å². The van der Waals surface area contributed by atoms with E-state index in [2.05, 4.69) is 10.1 Å². The Balaban J connectivity index is 2.06. The number of nitrogens with one attached hydrogen (secondary N) is 1. The Morgan fingerprint density at radius 1 is 1.37 bits per heavy atom. The molecule has 19 heavy (non-hydrogen) atoms. The summed E-state index contributed by atoms with van der Waals surface area (Å²) in [5.74, 6) is 0.181. The topological polar surface area (TPSA) is 38.3 Å². The molecule has 1 aromatic rings. The van der Waals surface area contributed by atoms with E-state index in [9.17, 15) is 18.0 Å². The smallest absolute Gasteiger partial charge is 0.416 e. The average molecular weight is 291 g/mol. The number of benzene rings is 1. The summed E-state index contributed by atoms with van der Waals surface area (Å²) in [6, 6.07) is 4.52. The lowest BCUT2D eigenvalue weighted by Gasteiger charge is -2.13. The van der Waals surface area contributed by atoms with Gasteiger partial charge < -0.3 is 4.74 Å². The lowest BCUT2D eigenvalue weighted by Crippen LogP contribution is -2.34. The molecule has 7 heteroatoms. The summed E-state index contributed by atoms with van der Waals surface area (Å²) in [5, 5.41) is 2.83. The number of halogens is 3. The zero-order valence-electron chi connectivity index (χ0n) is 10.0. The Hall–Kier alpha value is -1.21. The van der Waals surface area contributed by atoms with Crippen molar-refractivity contribution >= 4 is 17.7 Å². The maximum atomic E-state index is 12.4. The third kappa shape index (κ3) is 3.22. The molecule has 104 valence electrons. The van der Waals surface area contributed by atoms with Crippen LogP contribution in [0.2, 0.25) is 0 Å². The van der Waals surface area contributed by atoms with Crippen LogP contribution in [0.4, 0.5) is 13.2 Å². The molecule has 0 amide bonds. The SMILES string of the molecule is COC(=O)[C@@H]1CSC(c2ccc(C(F)(F)F)cc2)N1. The Bertz CT molecular complexity index is 461. The summed E-state index contributed by atoms with van der Waals surface area (Å²) < 4.78 is 41.9. The van der Waals surface area contributed by atoms with Crippen LogP contribution < -0.4 is 5.32 Å². The van der Waals surface area contributed by atoms with Crippen LogP contribution in [-0.4, -0.2) is 24.9 Å². The zero-order chi connectivity index (χ0) is 14.0. The van der Waals surface area contributed by atoms with Crippen LogP contribution in [0.5, 0.6) is 0 Å². The molecule has 1 aromatic carbocycles. The fraction of sp³-hybridized carbons (Fsp3) is 0.417. The molecule has 1 aliphatic rings. The minimum atomic E-state index is -4.33. The lowest BCUT2D eigenvalue weighted by molar-refractivity contribution is -0.142. The number of alkyl halides is 3. The van der Waals surface area contributed by atoms with E-state index in [1.165, 1.54) is 31.0 Å². The van der Waals surface area contributed by atoms with Gasteiger partial charge in [0.05, 0.1) is 18.0 Å². The number of carbonyl (C=O) groups excluding carboxylic acids is 1. The Kier molecular flexibility index (Phi) is 4.05. The normalized spacial score (nSPS) is 23.4. The van der Waals surface area contributed by atoms with E-state index in [0.29, 0.717) is 11.3 Å². The molecule has 1 heterocycles. The van der Waals surface area contributed by atoms with Gasteiger partial charge in [-0.3, -0.25) is 10.1 Å². The highest BCUT2D eigenvalue weighted by Crippen LogP contribution is 2.35. The van der Waals surface area contributed by atoms with E-state index in [-0.39, 0.29) is 11.3 Å². The molecule has 1 fully saturated rings. The molecule has 1 unspecified atom stereocenters. The van der Waals surface area contributed by atoms with Gasteiger partial charge in [0.25, 0.3) is 0 Å². The first-order valence-electron chi connectivity index (χ1n) is 5.54. The summed E-state index contributed by atoms with van der Waals surface area (Å²) in [5.41, 5.74) is 0.0353. The van der Waals surface area contributed by atoms with Crippen molar-refractivity contribution in [1.29, 1.82) is 0 Å². The van der Waals surface area contributed by atoms with Gasteiger partial charge in [0.1, 0.15) is 6.04 Å². The highest BCUT2D eigenvalue weighted by atomic mass is 32.2. The van der Waals surface area contributed by atoms with E-state index >= 15 is 0 Å². The molecule has 2 atom stereocenters. The van der Waals surface area contributed by atoms with Gasteiger partial charge in [-0.1, -0.05) is 12.1 Å². The molecule has 0 saturated carbocycles. The number of methoxy groups -OCH3 is 1. The molecule has 0 spiro atoms. The summed E-state index contributed by atoms with van der Waals surface area (Å²) in [4.78, 5) is 11.3. The zero-order valence-corrected chi connectivity index (χ0v) is 10.8. The van der Waals surface area contributed by atoms with Crippen molar-refractivity contribution in [2.45, 2.75) is 17.6 Å². The molecule has 2 rings (SSSR count). The molecule has 1 saturated heterocycles. The molecule has 1 N–H and O–H groups in total. The largest absolute Gasteiger partial charge is 0.468 e. The van der Waals surface area contributed by atoms with Crippen LogP contribution in [0.3, 0.4) is 0 Å². The van der Waals surface area contributed by atoms with E-state index in [0.717, 1.165) is 12.1 Å². The number of hydrogen-bond acceptors (Lipinski definition) is 4. The van der Waals surface area contributed by atoms with Gasteiger partial charge in [0.2, 0.25) is 0 Å². The van der Waals surface area contributed by atoms with Crippen LogP contribution >= 0.6 is 11.8 Å². The molecule has 0 aromatic heterocycles. The number of ether oxygens (including phenoxy) is 1. The molecule has 1 aliphatic heterocycles. The van der Waals surface area contributed by atoms with Gasteiger partial charge in [-0.2, -0.15) is 13.2 Å². The highest BCUT2D eigenvalue weighted by Gasteiger charge is 2.33. The van der Waals surface area contributed by atoms with Crippen molar-refractivity contribution in [3.8, 4) is 0 Å². The van der Waals surface area contributed by atoms with Crippen LogP contribution in [0.15, 0.2) is 24.3 Å². The monoisotopic (exact) mass is 291 g/mol. The summed E-state index contributed by atoms with van der Waals surface area (Å²) in [7, 11) is 1.31. The van der Waals surface area contributed by atoms with Crippen LogP contribution in [0, 0.1) is 0 Å². The van der Waals surface area contributed by atoms with Gasteiger partial charge >= 0.3 is 12.1 Å². The standard InChI is InChI=1S/C12H12F3NO2S/c1-18-11(17)9-6-19-10(16-9)7-2-4-8(5-3-7)12(13,14)15/h2-5,9-10,16H,6H2,1H3/t9-,10?/m0/s1. The molecule has 3 nitrogen and oxygen atoms in total. The predicted molar refractivity (Wildman–Crippen MR) is 65.6 cm³/mol. The number of carbonyl (C=O) groups is 1. The van der Waals surface area contributed by atoms with E-state index in [1.54, 1.807) is 0 Å². The number of rotatable bonds is 2. The second-order valence-corrected chi connectivity index (χ2v) is 5.21. The second-order valence-electron chi connectivity index (χ2n) is 4.08. The van der Waals surface area contributed by atoms with Gasteiger partial charge in [0.15, 0.2) is 0 Å². The molecular formula is C12H12F3NO2S. The number of esters is 1. The van der Waals surface area contributed by atoms with Gasteiger partial charge in [-0.05, 0) is 17.7 Å². The minimum Gasteiger partial charge on any atom is -0.468 e. The van der Waals surface area contributed by atoms with Crippen molar-refractivity contribution in [2.75, 3.05) is 12.9 Å². The van der Waals surface area contributed by atoms with Crippen LogP contribution in [-0.2, 0) is 15.7 Å². The Morgan fingerprint density at radius 3 is 2.53 bits per heavy atom. The number of thioether (sulfide) groups is 1.